The monoisotopic (exact) mass is 588 g/mol. The average molecular weight is 589 g/mol. The second-order valence-electron chi connectivity index (χ2n) is 9.64. The lowest BCUT2D eigenvalue weighted by Gasteiger charge is -2.36. The van der Waals surface area contributed by atoms with Crippen molar-refractivity contribution in [2.45, 2.75) is 19.8 Å². The summed E-state index contributed by atoms with van der Waals surface area (Å²) in [6.07, 6.45) is 0. The van der Waals surface area contributed by atoms with Crippen molar-refractivity contribution in [1.29, 1.82) is 0 Å². The Morgan fingerprint density at radius 1 is 1.10 bits per heavy atom. The van der Waals surface area contributed by atoms with Crippen LogP contribution in [0.4, 0.5) is 11.4 Å². The van der Waals surface area contributed by atoms with Crippen LogP contribution in [0.3, 0.4) is 0 Å². The minimum atomic E-state index is -0.926. The van der Waals surface area contributed by atoms with Gasteiger partial charge in [-0.1, -0.05) is 35.3 Å². The third-order valence-electron chi connectivity index (χ3n) is 7.21. The van der Waals surface area contributed by atoms with E-state index in [-0.39, 0.29) is 17.9 Å². The molecule has 10 nitrogen and oxygen atoms in total. The molecule has 0 aliphatic carbocycles. The molecule has 4 rings (SSSR count). The maximum Gasteiger partial charge on any atom is 0.336 e. The van der Waals surface area contributed by atoms with E-state index in [1.54, 1.807) is 32.0 Å². The number of benzene rings is 2. The molecule has 2 atom stereocenters. The molecule has 0 N–H and O–H groups in total. The summed E-state index contributed by atoms with van der Waals surface area (Å²) in [6, 6.07) is 11.3. The number of non-ortho nitro benzene ring substituents is 1. The van der Waals surface area contributed by atoms with Gasteiger partial charge < -0.3 is 14.4 Å². The number of rotatable bonds is 8. The normalized spacial score (nSPS) is 19.7. The van der Waals surface area contributed by atoms with Gasteiger partial charge in [0.1, 0.15) is 12.5 Å². The molecule has 0 bridgehead atoms. The first kappa shape index (κ1) is 29.5. The van der Waals surface area contributed by atoms with Crippen molar-refractivity contribution < 1.29 is 24.0 Å². The van der Waals surface area contributed by atoms with Crippen molar-refractivity contribution in [3.05, 3.63) is 79.5 Å². The summed E-state index contributed by atoms with van der Waals surface area (Å²) < 4.78 is 10.7. The zero-order valence-corrected chi connectivity index (χ0v) is 23.9. The summed E-state index contributed by atoms with van der Waals surface area (Å²) in [4.78, 5) is 46.0. The first-order valence-electron chi connectivity index (χ1n) is 12.8. The number of piperazine rings is 1. The Morgan fingerprint density at radius 3 is 2.50 bits per heavy atom. The summed E-state index contributed by atoms with van der Waals surface area (Å²) in [5, 5.41) is 12.7. The lowest BCUT2D eigenvalue weighted by atomic mass is 9.75. The Kier molecular flexibility index (Phi) is 9.44. The number of carbonyl (C=O) groups excluding carboxylic acids is 2. The first-order chi connectivity index (χ1) is 19.1. The van der Waals surface area contributed by atoms with Gasteiger partial charge in [-0.15, -0.1) is 0 Å². The zero-order chi connectivity index (χ0) is 29.0. The third kappa shape index (κ3) is 6.46. The molecule has 1 fully saturated rings. The van der Waals surface area contributed by atoms with E-state index in [4.69, 9.17) is 32.7 Å². The number of nitro groups is 1. The number of nitro benzene ring substituents is 1. The quantitative estimate of drug-likeness (QED) is 0.243. The average Bonchev–Trinajstić information content (AvgIpc) is 2.94. The summed E-state index contributed by atoms with van der Waals surface area (Å²) >= 11 is 12.5. The lowest BCUT2D eigenvalue weighted by molar-refractivity contribution is -0.384. The van der Waals surface area contributed by atoms with Crippen molar-refractivity contribution >= 4 is 52.2 Å². The van der Waals surface area contributed by atoms with Gasteiger partial charge in [-0.3, -0.25) is 24.8 Å². The molecule has 2 aliphatic heterocycles. The number of hydrogen-bond donors (Lipinski definition) is 0. The van der Waals surface area contributed by atoms with Gasteiger partial charge >= 0.3 is 11.9 Å². The van der Waals surface area contributed by atoms with Crippen LogP contribution >= 0.6 is 23.2 Å². The Morgan fingerprint density at radius 2 is 1.82 bits per heavy atom. The van der Waals surface area contributed by atoms with Crippen LogP contribution in [0.5, 0.6) is 0 Å². The molecule has 2 unspecified atom stereocenters. The van der Waals surface area contributed by atoms with E-state index >= 15 is 0 Å². The van der Waals surface area contributed by atoms with E-state index < -0.39 is 28.7 Å². The van der Waals surface area contributed by atoms with Gasteiger partial charge in [-0.25, -0.2) is 4.79 Å². The molecule has 0 amide bonds. The van der Waals surface area contributed by atoms with Crippen LogP contribution in [0.1, 0.15) is 25.3 Å². The smallest absolute Gasteiger partial charge is 0.336 e. The van der Waals surface area contributed by atoms with Crippen LogP contribution in [-0.2, 0) is 19.1 Å². The highest BCUT2D eigenvalue weighted by Gasteiger charge is 2.42. The number of hydrogen-bond acceptors (Lipinski definition) is 9. The topological polar surface area (TPSA) is 115 Å². The third-order valence-corrected chi connectivity index (χ3v) is 7.76. The number of anilines is 1. The number of esters is 2. The summed E-state index contributed by atoms with van der Waals surface area (Å²) in [6.45, 7) is 6.94. The van der Waals surface area contributed by atoms with E-state index in [0.717, 1.165) is 31.9 Å². The second kappa shape index (κ2) is 12.8. The van der Waals surface area contributed by atoms with Crippen LogP contribution in [0.2, 0.25) is 10.0 Å². The fourth-order valence-corrected chi connectivity index (χ4v) is 5.62. The molecule has 0 saturated carbocycles. The molecule has 2 heterocycles. The zero-order valence-electron chi connectivity index (χ0n) is 22.4. The highest BCUT2D eigenvalue weighted by Crippen LogP contribution is 2.41. The molecule has 40 heavy (non-hydrogen) atoms. The Hall–Kier alpha value is -3.47. The maximum absolute atomic E-state index is 13.4. The number of halogens is 2. The van der Waals surface area contributed by atoms with E-state index in [0.29, 0.717) is 33.6 Å². The molecular formula is C28H30Cl2N4O6. The molecule has 0 radical (unpaired) electrons. The molecule has 0 spiro atoms. The SMILES string of the molecule is COC(=O)C1C(C)=NC(C)=C(C(=O)OCCN2CCN(c3cc(Cl)ccc3Cl)CC2)C1c1cccc([N+](=O)[O-])c1. The highest BCUT2D eigenvalue weighted by atomic mass is 35.5. The fraction of sp³-hybridized carbons (Fsp3) is 0.393. The molecule has 2 aliphatic rings. The number of nitrogens with zero attached hydrogens (tertiary/aromatic N) is 4. The summed E-state index contributed by atoms with van der Waals surface area (Å²) in [5.41, 5.74) is 2.21. The van der Waals surface area contributed by atoms with E-state index in [9.17, 15) is 19.7 Å². The van der Waals surface area contributed by atoms with Crippen LogP contribution < -0.4 is 4.90 Å². The summed E-state index contributed by atoms with van der Waals surface area (Å²) in [5.74, 6) is -2.98. The number of aliphatic imine (C=N–C) groups is 1. The van der Waals surface area contributed by atoms with Crippen molar-refractivity contribution in [1.82, 2.24) is 4.90 Å². The minimum absolute atomic E-state index is 0.126. The fourth-order valence-electron chi connectivity index (χ4n) is 5.21. The lowest BCUT2D eigenvalue weighted by Crippen LogP contribution is -2.47. The predicted octanol–water partition coefficient (Wildman–Crippen LogP) is 4.89. The second-order valence-corrected chi connectivity index (χ2v) is 10.5. The van der Waals surface area contributed by atoms with Gasteiger partial charge in [0.2, 0.25) is 0 Å². The number of ether oxygens (including phenoxy) is 2. The van der Waals surface area contributed by atoms with Crippen molar-refractivity contribution in [3.8, 4) is 0 Å². The number of methoxy groups -OCH3 is 1. The molecule has 2 aromatic carbocycles. The van der Waals surface area contributed by atoms with Gasteiger partial charge in [-0.2, -0.15) is 0 Å². The molecule has 0 aromatic heterocycles. The van der Waals surface area contributed by atoms with Gasteiger partial charge in [0, 0.05) is 67.2 Å². The van der Waals surface area contributed by atoms with Crippen LogP contribution in [0.15, 0.2) is 58.7 Å². The standard InChI is InChI=1S/C28H30Cl2N4O6/c1-17-24(27(35)39-3)26(19-5-4-6-21(15-19)34(37)38)25(18(2)31-17)28(36)40-14-13-32-9-11-33(12-10-32)23-16-20(29)7-8-22(23)30/h4-8,15-16,24,26H,9-14H2,1-3H3. The Labute approximate surface area is 242 Å². The van der Waals surface area contributed by atoms with Gasteiger partial charge in [0.05, 0.1) is 28.3 Å². The Balaban J connectivity index is 1.46. The molecule has 12 heteroatoms. The van der Waals surface area contributed by atoms with Crippen LogP contribution in [-0.4, -0.2) is 73.9 Å². The van der Waals surface area contributed by atoms with Crippen molar-refractivity contribution in [2.75, 3.05) is 51.3 Å². The number of allylic oxidation sites excluding steroid dienone is 1. The van der Waals surface area contributed by atoms with Gasteiger partial charge in [0.25, 0.3) is 5.69 Å². The number of carbonyl (C=O) groups is 2. The first-order valence-corrected chi connectivity index (χ1v) is 13.5. The highest BCUT2D eigenvalue weighted by molar-refractivity contribution is 6.35. The predicted molar refractivity (Wildman–Crippen MR) is 153 cm³/mol. The Bertz CT molecular complexity index is 1370. The molecule has 2 aromatic rings. The molecule has 1 saturated heterocycles. The molecule has 212 valence electrons. The largest absolute Gasteiger partial charge is 0.468 e. The van der Waals surface area contributed by atoms with E-state index in [1.807, 2.05) is 6.07 Å². The van der Waals surface area contributed by atoms with E-state index in [2.05, 4.69) is 14.8 Å². The van der Waals surface area contributed by atoms with Crippen molar-refractivity contribution in [2.24, 2.45) is 10.9 Å². The van der Waals surface area contributed by atoms with Crippen LogP contribution in [0.25, 0.3) is 0 Å². The summed E-state index contributed by atoms with van der Waals surface area (Å²) in [7, 11) is 1.25. The van der Waals surface area contributed by atoms with Gasteiger partial charge in [0.15, 0.2) is 0 Å². The van der Waals surface area contributed by atoms with E-state index in [1.165, 1.54) is 25.3 Å². The van der Waals surface area contributed by atoms with Crippen molar-refractivity contribution in [3.63, 3.8) is 0 Å². The van der Waals surface area contributed by atoms with Crippen LogP contribution in [0, 0.1) is 16.0 Å². The maximum atomic E-state index is 13.4. The van der Waals surface area contributed by atoms with Gasteiger partial charge in [-0.05, 0) is 37.6 Å². The molecular weight excluding hydrogens is 559 g/mol. The minimum Gasteiger partial charge on any atom is -0.468 e.